The van der Waals surface area contributed by atoms with Crippen molar-refractivity contribution in [3.8, 4) is 0 Å². The van der Waals surface area contributed by atoms with Gasteiger partial charge in [-0.25, -0.2) is 0 Å². The van der Waals surface area contributed by atoms with Gasteiger partial charge in [-0.3, -0.25) is 4.79 Å². The Hall–Kier alpha value is -1.53. The van der Waals surface area contributed by atoms with Crippen molar-refractivity contribution in [3.63, 3.8) is 0 Å². The summed E-state index contributed by atoms with van der Waals surface area (Å²) in [6.07, 6.45) is 26.1. The Morgan fingerprint density at radius 1 is 0.538 bits per heavy atom. The van der Waals surface area contributed by atoms with Crippen LogP contribution in [0.3, 0.4) is 0 Å². The monoisotopic (exact) mass is 930 g/mol. The van der Waals surface area contributed by atoms with Gasteiger partial charge in [0, 0.05) is 6.42 Å². The SMILES string of the molecule is CCCC/C=C/C(O)C(COC1OC(CO)C(OC2OC(CO)C(O)C(O)C2O)C(O)C1O)NC(=O)CCCCCCCCCCCCCCCCC/C=C\CCCCCCCCCC. The van der Waals surface area contributed by atoms with Gasteiger partial charge in [-0.2, -0.15) is 0 Å². The molecule has 0 aromatic carbocycles. The van der Waals surface area contributed by atoms with Crippen LogP contribution in [0.15, 0.2) is 24.3 Å². The first-order valence-corrected chi connectivity index (χ1v) is 26.1. The zero-order valence-electron chi connectivity index (χ0n) is 40.5. The van der Waals surface area contributed by atoms with Gasteiger partial charge in [0.05, 0.1) is 32.0 Å². The van der Waals surface area contributed by atoms with Gasteiger partial charge in [-0.05, 0) is 38.5 Å². The summed E-state index contributed by atoms with van der Waals surface area (Å²) in [6, 6.07) is -0.907. The minimum atomic E-state index is -1.78. The fourth-order valence-corrected chi connectivity index (χ4v) is 8.57. The first-order chi connectivity index (χ1) is 31.6. The number of carbonyl (C=O) groups excluding carboxylic acids is 1. The number of hydrogen-bond donors (Lipinski definition) is 9. The van der Waals surface area contributed by atoms with Gasteiger partial charge in [0.25, 0.3) is 0 Å². The Balaban J connectivity index is 1.60. The molecule has 12 atom stereocenters. The highest BCUT2D eigenvalue weighted by molar-refractivity contribution is 5.76. The molecule has 0 aliphatic carbocycles. The molecule has 14 heteroatoms. The molecule has 0 aromatic rings. The van der Waals surface area contributed by atoms with Crippen LogP contribution in [0.25, 0.3) is 0 Å². The molecule has 2 aliphatic heterocycles. The van der Waals surface area contributed by atoms with Crippen molar-refractivity contribution in [2.45, 2.75) is 274 Å². The van der Waals surface area contributed by atoms with Crippen LogP contribution in [0.2, 0.25) is 0 Å². The van der Waals surface area contributed by atoms with E-state index in [1.165, 1.54) is 135 Å². The summed E-state index contributed by atoms with van der Waals surface area (Å²) in [4.78, 5) is 13.0. The first kappa shape index (κ1) is 59.6. The van der Waals surface area contributed by atoms with Gasteiger partial charge in [-0.15, -0.1) is 0 Å². The molecule has 65 heavy (non-hydrogen) atoms. The highest BCUT2D eigenvalue weighted by Gasteiger charge is 2.51. The van der Waals surface area contributed by atoms with Crippen LogP contribution < -0.4 is 5.32 Å². The van der Waals surface area contributed by atoms with Crippen molar-refractivity contribution in [1.82, 2.24) is 5.32 Å². The highest BCUT2D eigenvalue weighted by atomic mass is 16.7. The second kappa shape index (κ2) is 38.3. The number of ether oxygens (including phenoxy) is 4. The number of hydrogen-bond acceptors (Lipinski definition) is 13. The molecular weight excluding hydrogens is 835 g/mol. The molecule has 2 saturated heterocycles. The first-order valence-electron chi connectivity index (χ1n) is 26.1. The zero-order valence-corrected chi connectivity index (χ0v) is 40.5. The summed E-state index contributed by atoms with van der Waals surface area (Å²) in [7, 11) is 0. The van der Waals surface area contributed by atoms with Crippen LogP contribution in [-0.4, -0.2) is 140 Å². The summed E-state index contributed by atoms with van der Waals surface area (Å²) in [6.45, 7) is 2.62. The topological polar surface area (TPSA) is 228 Å². The molecule has 2 heterocycles. The lowest BCUT2D eigenvalue weighted by molar-refractivity contribution is -0.359. The maximum atomic E-state index is 13.0. The fraction of sp³-hybridized carbons (Fsp3) is 0.902. The summed E-state index contributed by atoms with van der Waals surface area (Å²) in [5, 5.41) is 86.0. The van der Waals surface area contributed by atoms with Gasteiger partial charge in [0.2, 0.25) is 5.91 Å². The van der Waals surface area contributed by atoms with Crippen LogP contribution in [0.1, 0.15) is 200 Å². The maximum Gasteiger partial charge on any atom is 0.220 e. The molecular formula is C51H95NO13. The molecule has 0 spiro atoms. The molecule has 0 saturated carbocycles. The van der Waals surface area contributed by atoms with E-state index in [2.05, 4.69) is 31.3 Å². The standard InChI is InChI=1S/C51H95NO13/c1-3-5-7-9-10-11-12-13-14-15-16-17-18-19-20-21-22-23-24-25-26-27-28-29-30-31-33-35-43(56)52-39(40(55)34-32-8-6-4-2)38-62-50-48(61)46(59)49(42(37-54)64-50)65-51-47(60)45(58)44(57)41(36-53)63-51/h15-16,32,34,39-42,44-51,53-55,57-61H,3-14,17-31,33,35-38H2,1-2H3,(H,52,56)/b16-15-,34-32+. The third-order valence-corrected chi connectivity index (χ3v) is 12.9. The van der Waals surface area contributed by atoms with Gasteiger partial charge in [0.15, 0.2) is 12.6 Å². The Morgan fingerprint density at radius 2 is 0.985 bits per heavy atom. The summed E-state index contributed by atoms with van der Waals surface area (Å²) >= 11 is 0. The summed E-state index contributed by atoms with van der Waals surface area (Å²) in [5.41, 5.74) is 0. The largest absolute Gasteiger partial charge is 0.394 e. The molecule has 0 aromatic heterocycles. The molecule has 2 fully saturated rings. The predicted octanol–water partition coefficient (Wildman–Crippen LogP) is 6.94. The van der Waals surface area contributed by atoms with Crippen LogP contribution in [-0.2, 0) is 23.7 Å². The van der Waals surface area contributed by atoms with Crippen molar-refractivity contribution in [2.75, 3.05) is 19.8 Å². The van der Waals surface area contributed by atoms with E-state index in [0.717, 1.165) is 38.5 Å². The third kappa shape index (κ3) is 25.6. The zero-order chi connectivity index (χ0) is 47.5. The number of carbonyl (C=O) groups is 1. The lowest BCUT2D eigenvalue weighted by Gasteiger charge is -2.46. The summed E-state index contributed by atoms with van der Waals surface area (Å²) < 4.78 is 22.5. The lowest BCUT2D eigenvalue weighted by atomic mass is 9.97. The van der Waals surface area contributed by atoms with Crippen LogP contribution in [0.4, 0.5) is 0 Å². The molecule has 2 rings (SSSR count). The fourth-order valence-electron chi connectivity index (χ4n) is 8.57. The summed E-state index contributed by atoms with van der Waals surface area (Å²) in [5.74, 6) is -0.247. The van der Waals surface area contributed by atoms with Crippen LogP contribution in [0.5, 0.6) is 0 Å². The van der Waals surface area contributed by atoms with E-state index in [4.69, 9.17) is 18.9 Å². The number of aliphatic hydroxyl groups is 8. The molecule has 9 N–H and O–H groups in total. The van der Waals surface area contributed by atoms with Crippen molar-refractivity contribution >= 4 is 5.91 Å². The van der Waals surface area contributed by atoms with Crippen molar-refractivity contribution in [2.24, 2.45) is 0 Å². The maximum absolute atomic E-state index is 13.0. The Morgan fingerprint density at radius 3 is 1.49 bits per heavy atom. The van der Waals surface area contributed by atoms with Gasteiger partial charge < -0.3 is 65.1 Å². The molecule has 12 unspecified atom stereocenters. The van der Waals surface area contributed by atoms with Crippen LogP contribution in [0, 0.1) is 0 Å². The quantitative estimate of drug-likeness (QED) is 0.0225. The minimum Gasteiger partial charge on any atom is -0.394 e. The van der Waals surface area contributed by atoms with E-state index in [-0.39, 0.29) is 18.9 Å². The van der Waals surface area contributed by atoms with E-state index >= 15 is 0 Å². The van der Waals surface area contributed by atoms with E-state index < -0.39 is 86.8 Å². The van der Waals surface area contributed by atoms with E-state index in [9.17, 15) is 45.6 Å². The number of allylic oxidation sites excluding steroid dienone is 3. The highest BCUT2D eigenvalue weighted by Crippen LogP contribution is 2.30. The number of nitrogens with one attached hydrogen (secondary N) is 1. The molecule has 0 bridgehead atoms. The minimum absolute atomic E-state index is 0.247. The molecule has 382 valence electrons. The van der Waals surface area contributed by atoms with Crippen molar-refractivity contribution in [3.05, 3.63) is 24.3 Å². The number of aliphatic hydroxyl groups excluding tert-OH is 8. The normalized spacial score (nSPS) is 27.2. The number of rotatable bonds is 40. The van der Waals surface area contributed by atoms with Crippen LogP contribution >= 0.6 is 0 Å². The Labute approximate surface area is 392 Å². The van der Waals surface area contributed by atoms with Crippen molar-refractivity contribution < 1.29 is 64.6 Å². The average Bonchev–Trinajstić information content (AvgIpc) is 3.30. The van der Waals surface area contributed by atoms with Crippen molar-refractivity contribution in [1.29, 1.82) is 0 Å². The Kier molecular flexibility index (Phi) is 35.1. The molecule has 2 aliphatic rings. The third-order valence-electron chi connectivity index (χ3n) is 12.9. The Bertz CT molecular complexity index is 1190. The van der Waals surface area contributed by atoms with Gasteiger partial charge in [-0.1, -0.05) is 179 Å². The van der Waals surface area contributed by atoms with Gasteiger partial charge in [0.1, 0.15) is 48.8 Å². The predicted molar refractivity (Wildman–Crippen MR) is 254 cm³/mol. The molecule has 1 amide bonds. The molecule has 0 radical (unpaired) electrons. The van der Waals surface area contributed by atoms with E-state index in [1.807, 2.05) is 6.08 Å². The molecule has 14 nitrogen and oxygen atoms in total. The number of amides is 1. The second-order valence-electron chi connectivity index (χ2n) is 18.6. The lowest BCUT2D eigenvalue weighted by Crippen LogP contribution is -2.65. The van der Waals surface area contributed by atoms with Gasteiger partial charge >= 0.3 is 0 Å². The number of unbranched alkanes of at least 4 members (excludes halogenated alkanes) is 25. The smallest absolute Gasteiger partial charge is 0.220 e. The second-order valence-corrected chi connectivity index (χ2v) is 18.6. The van der Waals surface area contributed by atoms with E-state index in [0.29, 0.717) is 6.42 Å². The van der Waals surface area contributed by atoms with E-state index in [1.54, 1.807) is 6.08 Å². The average molecular weight is 930 g/mol.